The van der Waals surface area contributed by atoms with Crippen molar-refractivity contribution >= 4 is 33.8 Å². The van der Waals surface area contributed by atoms with Gasteiger partial charge in [0.1, 0.15) is 18.4 Å². The highest BCUT2D eigenvalue weighted by Gasteiger charge is 2.44. The Morgan fingerprint density at radius 3 is 2.80 bits per heavy atom. The molecule has 0 aromatic carbocycles. The van der Waals surface area contributed by atoms with Gasteiger partial charge in [0.05, 0.1) is 11.7 Å². The first-order valence-corrected chi connectivity index (χ1v) is 10.5. The lowest BCUT2D eigenvalue weighted by molar-refractivity contribution is -0.162. The predicted molar refractivity (Wildman–Crippen MR) is 110 cm³/mol. The van der Waals surface area contributed by atoms with Gasteiger partial charge >= 0.3 is 11.7 Å². The van der Waals surface area contributed by atoms with Gasteiger partial charge in [0.25, 0.3) is 5.56 Å². The molecule has 0 bridgehead atoms. The monoisotopic (exact) mass is 488 g/mol. The third kappa shape index (κ3) is 5.75. The normalized spacial score (nSPS) is 23.4. The summed E-state index contributed by atoms with van der Waals surface area (Å²) >= 11 is 3.05. The lowest BCUT2D eigenvalue weighted by Crippen LogP contribution is -2.45. The van der Waals surface area contributed by atoms with Gasteiger partial charge in [-0.15, -0.1) is 0 Å². The van der Waals surface area contributed by atoms with Crippen LogP contribution in [0.5, 0.6) is 0 Å². The number of unbranched alkanes of at least 4 members (excludes halogenated alkanes) is 1. The number of esters is 1. The van der Waals surface area contributed by atoms with Crippen LogP contribution in [0.4, 0.5) is 0 Å². The fourth-order valence-electron chi connectivity index (χ4n) is 3.07. The van der Waals surface area contributed by atoms with Gasteiger partial charge in [0.15, 0.2) is 6.10 Å². The summed E-state index contributed by atoms with van der Waals surface area (Å²) < 4.78 is 11.7. The molecule has 0 spiro atoms. The Morgan fingerprint density at radius 2 is 2.17 bits per heavy atom. The number of nitrogens with one attached hydrogen (secondary N) is 1. The van der Waals surface area contributed by atoms with Crippen molar-refractivity contribution in [3.63, 3.8) is 0 Å². The number of nitrogens with zero attached hydrogens (tertiary/aromatic N) is 1. The third-order valence-electron chi connectivity index (χ3n) is 4.73. The number of carbonyl (C=O) groups excluding carboxylic acids is 2. The molecule has 5 atom stereocenters. The van der Waals surface area contributed by atoms with Crippen LogP contribution in [0.2, 0.25) is 0 Å². The van der Waals surface area contributed by atoms with E-state index in [1.165, 1.54) is 24.2 Å². The number of halogens is 1. The number of carbonyl (C=O) groups is 2. The summed E-state index contributed by atoms with van der Waals surface area (Å²) in [5, 5.41) is 20.7. The zero-order valence-corrected chi connectivity index (χ0v) is 18.2. The smallest absolute Gasteiger partial charge is 0.330 e. The van der Waals surface area contributed by atoms with Gasteiger partial charge in [-0.3, -0.25) is 23.9 Å². The average Bonchev–Trinajstić information content (AvgIpc) is 3.08. The highest BCUT2D eigenvalue weighted by Crippen LogP contribution is 2.30. The number of aliphatic hydroxyl groups is 2. The van der Waals surface area contributed by atoms with Crippen molar-refractivity contribution in [1.82, 2.24) is 9.55 Å². The maximum atomic E-state index is 12.4. The van der Waals surface area contributed by atoms with Crippen LogP contribution >= 0.6 is 15.9 Å². The summed E-state index contributed by atoms with van der Waals surface area (Å²) in [4.78, 5) is 51.6. The molecule has 166 valence electrons. The molecule has 1 aliphatic heterocycles. The van der Waals surface area contributed by atoms with E-state index in [1.54, 1.807) is 0 Å². The maximum Gasteiger partial charge on any atom is 0.330 e. The van der Waals surface area contributed by atoms with Crippen molar-refractivity contribution in [2.24, 2.45) is 0 Å². The number of ketones is 1. The standard InChI is InChI=1S/C19H25BrN2O8/c1-3-4-5-14(24)29-10(2)15(25)16(26)17-12(23)8-13(30-17)22-9-11(6-7-20)18(27)21-19(22)28/h6-7,9-10,12-13,16-17,23,26H,3-5,8H2,1-2H3,(H,21,27,28)/b7-6+/t10?,12-,13+,16?,17-/m0/s1. The van der Waals surface area contributed by atoms with Gasteiger partial charge in [0, 0.05) is 19.0 Å². The second kappa shape index (κ2) is 10.8. The van der Waals surface area contributed by atoms with Crippen LogP contribution in [0.1, 0.15) is 51.3 Å². The number of hydrogen-bond donors (Lipinski definition) is 3. The number of hydrogen-bond acceptors (Lipinski definition) is 8. The van der Waals surface area contributed by atoms with E-state index >= 15 is 0 Å². The van der Waals surface area contributed by atoms with Gasteiger partial charge in [-0.2, -0.15) is 0 Å². The van der Waals surface area contributed by atoms with E-state index in [9.17, 15) is 29.4 Å². The molecule has 0 aliphatic carbocycles. The summed E-state index contributed by atoms with van der Waals surface area (Å²) in [6, 6.07) is 0. The molecule has 3 N–H and O–H groups in total. The van der Waals surface area contributed by atoms with Crippen LogP contribution in [0.25, 0.3) is 6.08 Å². The molecule has 2 rings (SSSR count). The van der Waals surface area contributed by atoms with Gasteiger partial charge in [0.2, 0.25) is 5.78 Å². The number of aliphatic hydroxyl groups excluding tert-OH is 2. The number of ether oxygens (including phenoxy) is 2. The molecule has 0 radical (unpaired) electrons. The molecule has 1 saturated heterocycles. The van der Waals surface area contributed by atoms with E-state index in [-0.39, 0.29) is 18.4 Å². The van der Waals surface area contributed by atoms with Gasteiger partial charge < -0.3 is 19.7 Å². The third-order valence-corrected chi connectivity index (χ3v) is 5.00. The van der Waals surface area contributed by atoms with Crippen LogP contribution in [-0.4, -0.2) is 55.9 Å². The van der Waals surface area contributed by atoms with Crippen LogP contribution in [-0.2, 0) is 19.1 Å². The topological polar surface area (TPSA) is 148 Å². The first kappa shape index (κ1) is 24.2. The SMILES string of the molecule is CCCCC(=O)OC(C)C(=O)C(O)[C@H]1O[C@@H](n2cc(/C=C/Br)c(=O)[nH]c2=O)C[C@@H]1O. The molecule has 2 heterocycles. The van der Waals surface area contributed by atoms with Crippen LogP contribution in [0, 0.1) is 0 Å². The summed E-state index contributed by atoms with van der Waals surface area (Å²) in [5.41, 5.74) is -1.20. The van der Waals surface area contributed by atoms with Crippen molar-refractivity contribution < 1.29 is 29.3 Å². The van der Waals surface area contributed by atoms with E-state index in [4.69, 9.17) is 9.47 Å². The molecule has 1 fully saturated rings. The predicted octanol–water partition coefficient (Wildman–Crippen LogP) is 0.602. The zero-order valence-electron chi connectivity index (χ0n) is 16.6. The van der Waals surface area contributed by atoms with Gasteiger partial charge in [-0.25, -0.2) is 4.79 Å². The molecule has 1 aromatic rings. The van der Waals surface area contributed by atoms with E-state index in [0.29, 0.717) is 6.42 Å². The Labute approximate surface area is 180 Å². The Kier molecular flexibility index (Phi) is 8.71. The molecule has 30 heavy (non-hydrogen) atoms. The van der Waals surface area contributed by atoms with E-state index < -0.39 is 53.6 Å². The Balaban J connectivity index is 2.11. The highest BCUT2D eigenvalue weighted by atomic mass is 79.9. The second-order valence-corrected chi connectivity index (χ2v) is 7.51. The molecule has 0 amide bonds. The quantitative estimate of drug-likeness (QED) is 0.428. The lowest BCUT2D eigenvalue weighted by atomic mass is 10.0. The summed E-state index contributed by atoms with van der Waals surface area (Å²) in [7, 11) is 0. The van der Waals surface area contributed by atoms with E-state index in [2.05, 4.69) is 20.9 Å². The summed E-state index contributed by atoms with van der Waals surface area (Å²) in [5.74, 6) is -1.37. The lowest BCUT2D eigenvalue weighted by Gasteiger charge is -2.23. The second-order valence-electron chi connectivity index (χ2n) is 6.98. The van der Waals surface area contributed by atoms with Gasteiger partial charge in [-0.05, 0) is 24.4 Å². The van der Waals surface area contributed by atoms with Crippen LogP contribution in [0.3, 0.4) is 0 Å². The zero-order chi connectivity index (χ0) is 22.4. The molecule has 1 aromatic heterocycles. The van der Waals surface area contributed by atoms with Crippen molar-refractivity contribution in [2.75, 3.05) is 0 Å². The highest BCUT2D eigenvalue weighted by molar-refractivity contribution is 9.11. The van der Waals surface area contributed by atoms with Crippen molar-refractivity contribution in [2.45, 2.75) is 70.2 Å². The molecular weight excluding hydrogens is 464 g/mol. The van der Waals surface area contributed by atoms with Crippen molar-refractivity contribution in [3.05, 3.63) is 37.6 Å². The number of rotatable bonds is 9. The minimum absolute atomic E-state index is 0.0942. The molecule has 1 aliphatic rings. The van der Waals surface area contributed by atoms with Crippen LogP contribution in [0.15, 0.2) is 20.8 Å². The first-order valence-electron chi connectivity index (χ1n) is 9.56. The molecule has 0 saturated carbocycles. The molecule has 10 nitrogen and oxygen atoms in total. The fourth-order valence-corrected chi connectivity index (χ4v) is 3.36. The summed E-state index contributed by atoms with van der Waals surface area (Å²) in [6.07, 6.45) is -2.42. The molecular formula is C19H25BrN2O8. The minimum atomic E-state index is -1.76. The number of H-pyrrole nitrogens is 1. The molecule has 11 heteroatoms. The van der Waals surface area contributed by atoms with Gasteiger partial charge in [-0.1, -0.05) is 29.3 Å². The number of aromatic nitrogens is 2. The molecule has 2 unspecified atom stereocenters. The minimum Gasteiger partial charge on any atom is -0.455 e. The number of Topliss-reactive ketones (excluding diaryl/α,β-unsaturated/α-hetero) is 1. The van der Waals surface area contributed by atoms with Crippen molar-refractivity contribution in [3.8, 4) is 0 Å². The van der Waals surface area contributed by atoms with E-state index in [1.807, 2.05) is 6.92 Å². The Hall–Kier alpha value is -2.08. The maximum absolute atomic E-state index is 12.4. The Bertz CT molecular complexity index is 909. The number of aromatic amines is 1. The largest absolute Gasteiger partial charge is 0.455 e. The fraction of sp³-hybridized carbons (Fsp3) is 0.579. The summed E-state index contributed by atoms with van der Waals surface area (Å²) in [6.45, 7) is 3.24. The Morgan fingerprint density at radius 1 is 1.47 bits per heavy atom. The van der Waals surface area contributed by atoms with E-state index in [0.717, 1.165) is 11.0 Å². The first-order chi connectivity index (χ1) is 14.2. The average molecular weight is 489 g/mol. The van der Waals surface area contributed by atoms with Crippen LogP contribution < -0.4 is 11.2 Å². The van der Waals surface area contributed by atoms with Crippen molar-refractivity contribution in [1.29, 1.82) is 0 Å².